The Morgan fingerprint density at radius 1 is 1.32 bits per heavy atom. The second-order valence-corrected chi connectivity index (χ2v) is 3.81. The fourth-order valence-corrected chi connectivity index (χ4v) is 1.52. The molecule has 0 saturated carbocycles. The van der Waals surface area contributed by atoms with Crippen molar-refractivity contribution < 1.29 is 4.79 Å². The highest BCUT2D eigenvalue weighted by Gasteiger charge is 2.03. The van der Waals surface area contributed by atoms with Gasteiger partial charge in [0.1, 0.15) is 6.33 Å². The van der Waals surface area contributed by atoms with E-state index in [1.165, 1.54) is 6.33 Å². The number of aromatic amines is 1. The van der Waals surface area contributed by atoms with Crippen molar-refractivity contribution in [3.05, 3.63) is 30.6 Å². The molecule has 102 valence electrons. The van der Waals surface area contributed by atoms with E-state index in [9.17, 15) is 4.79 Å². The van der Waals surface area contributed by atoms with Gasteiger partial charge in [0.2, 0.25) is 5.91 Å². The molecule has 0 fully saturated rings. The predicted octanol–water partition coefficient (Wildman–Crippen LogP) is 1.44. The van der Waals surface area contributed by atoms with E-state index >= 15 is 0 Å². The van der Waals surface area contributed by atoms with E-state index in [4.69, 9.17) is 0 Å². The standard InChI is InChI=1S/C12H15N5O.ClH/c1-13-7-6-11(18)16-10-4-2-9(3-5-10)12-14-8-15-17-12;/h2-5,8,13H,6-7H2,1H3,(H,16,18)(H,14,15,17);1H. The summed E-state index contributed by atoms with van der Waals surface area (Å²) in [7, 11) is 1.82. The molecule has 1 aromatic carbocycles. The quantitative estimate of drug-likeness (QED) is 0.774. The largest absolute Gasteiger partial charge is 0.326 e. The molecule has 0 aliphatic rings. The van der Waals surface area contributed by atoms with Crippen molar-refractivity contribution in [3.63, 3.8) is 0 Å². The molecule has 7 heteroatoms. The number of H-pyrrole nitrogens is 1. The monoisotopic (exact) mass is 281 g/mol. The summed E-state index contributed by atoms with van der Waals surface area (Å²) < 4.78 is 0. The zero-order valence-electron chi connectivity index (χ0n) is 10.5. The summed E-state index contributed by atoms with van der Waals surface area (Å²) in [5.41, 5.74) is 1.71. The third kappa shape index (κ3) is 4.35. The van der Waals surface area contributed by atoms with Gasteiger partial charge in [0.15, 0.2) is 5.82 Å². The van der Waals surface area contributed by atoms with Gasteiger partial charge < -0.3 is 10.6 Å². The number of hydrogen-bond donors (Lipinski definition) is 3. The van der Waals surface area contributed by atoms with Crippen LogP contribution in [0, 0.1) is 0 Å². The molecule has 0 unspecified atom stereocenters. The highest BCUT2D eigenvalue weighted by Crippen LogP contribution is 2.17. The second kappa shape index (κ2) is 7.50. The minimum atomic E-state index is -0.00300. The van der Waals surface area contributed by atoms with Crippen LogP contribution in [0.3, 0.4) is 0 Å². The summed E-state index contributed by atoms with van der Waals surface area (Å²) in [5, 5.41) is 12.3. The molecule has 2 aromatic rings. The number of anilines is 1. The Kier molecular flexibility index (Phi) is 5.98. The van der Waals surface area contributed by atoms with Crippen molar-refractivity contribution in [1.29, 1.82) is 0 Å². The van der Waals surface area contributed by atoms with Gasteiger partial charge in [0.25, 0.3) is 0 Å². The molecule has 3 N–H and O–H groups in total. The van der Waals surface area contributed by atoms with Crippen molar-refractivity contribution in [2.75, 3.05) is 18.9 Å². The summed E-state index contributed by atoms with van der Waals surface area (Å²) in [6.45, 7) is 0.669. The number of carbonyl (C=O) groups excluding carboxylic acids is 1. The first-order chi connectivity index (χ1) is 8.79. The van der Waals surface area contributed by atoms with Gasteiger partial charge in [-0.3, -0.25) is 9.89 Å². The van der Waals surface area contributed by atoms with Crippen molar-refractivity contribution in [1.82, 2.24) is 20.5 Å². The van der Waals surface area contributed by atoms with E-state index < -0.39 is 0 Å². The number of rotatable bonds is 5. The van der Waals surface area contributed by atoms with Crippen LogP contribution in [0.1, 0.15) is 6.42 Å². The molecule has 1 aromatic heterocycles. The van der Waals surface area contributed by atoms with Crippen LogP contribution in [-0.4, -0.2) is 34.7 Å². The van der Waals surface area contributed by atoms with Gasteiger partial charge >= 0.3 is 0 Å². The van der Waals surface area contributed by atoms with E-state index in [2.05, 4.69) is 25.8 Å². The molecule has 1 heterocycles. The van der Waals surface area contributed by atoms with Gasteiger partial charge in [0, 0.05) is 24.2 Å². The van der Waals surface area contributed by atoms with E-state index in [-0.39, 0.29) is 18.3 Å². The molecule has 0 spiro atoms. The normalized spacial score (nSPS) is 9.74. The number of halogens is 1. The Balaban J connectivity index is 0.00000180. The first-order valence-corrected chi connectivity index (χ1v) is 5.70. The van der Waals surface area contributed by atoms with Crippen LogP contribution >= 0.6 is 12.4 Å². The van der Waals surface area contributed by atoms with Gasteiger partial charge in [-0.05, 0) is 31.3 Å². The maximum Gasteiger partial charge on any atom is 0.225 e. The predicted molar refractivity (Wildman–Crippen MR) is 76.2 cm³/mol. The van der Waals surface area contributed by atoms with Crippen molar-refractivity contribution in [2.24, 2.45) is 0 Å². The number of carbonyl (C=O) groups is 1. The van der Waals surface area contributed by atoms with Crippen LogP contribution in [0.15, 0.2) is 30.6 Å². The molecular weight excluding hydrogens is 266 g/mol. The van der Waals surface area contributed by atoms with Gasteiger partial charge in [-0.1, -0.05) is 0 Å². The molecule has 19 heavy (non-hydrogen) atoms. The van der Waals surface area contributed by atoms with E-state index in [1.807, 2.05) is 31.3 Å². The average molecular weight is 282 g/mol. The zero-order valence-corrected chi connectivity index (χ0v) is 11.3. The lowest BCUT2D eigenvalue weighted by atomic mass is 10.2. The summed E-state index contributed by atoms with van der Waals surface area (Å²) in [6, 6.07) is 7.45. The van der Waals surface area contributed by atoms with E-state index in [0.717, 1.165) is 11.3 Å². The molecule has 0 radical (unpaired) electrons. The molecule has 0 aliphatic carbocycles. The molecule has 0 bridgehead atoms. The number of benzene rings is 1. The van der Waals surface area contributed by atoms with Crippen LogP contribution in [0.2, 0.25) is 0 Å². The zero-order chi connectivity index (χ0) is 12.8. The van der Waals surface area contributed by atoms with Crippen LogP contribution in [0.4, 0.5) is 5.69 Å². The highest BCUT2D eigenvalue weighted by atomic mass is 35.5. The summed E-state index contributed by atoms with van der Waals surface area (Å²) in [4.78, 5) is 15.6. The van der Waals surface area contributed by atoms with Crippen LogP contribution in [-0.2, 0) is 4.79 Å². The Labute approximate surface area is 117 Å². The molecular formula is C12H16ClN5O. The minimum absolute atomic E-state index is 0. The van der Waals surface area contributed by atoms with Gasteiger partial charge in [-0.25, -0.2) is 4.98 Å². The Bertz CT molecular complexity index is 497. The van der Waals surface area contributed by atoms with Gasteiger partial charge in [0.05, 0.1) is 0 Å². The topological polar surface area (TPSA) is 82.7 Å². The third-order valence-electron chi connectivity index (χ3n) is 2.46. The lowest BCUT2D eigenvalue weighted by Crippen LogP contribution is -2.18. The molecule has 1 amide bonds. The molecule has 6 nitrogen and oxygen atoms in total. The second-order valence-electron chi connectivity index (χ2n) is 3.81. The van der Waals surface area contributed by atoms with Crippen molar-refractivity contribution in [2.45, 2.75) is 6.42 Å². The molecule has 0 saturated heterocycles. The fourth-order valence-electron chi connectivity index (χ4n) is 1.52. The average Bonchev–Trinajstić information content (AvgIpc) is 2.91. The smallest absolute Gasteiger partial charge is 0.225 e. The van der Waals surface area contributed by atoms with Crippen molar-refractivity contribution in [3.8, 4) is 11.4 Å². The SMILES string of the molecule is CNCCC(=O)Nc1ccc(-c2ncn[nH]2)cc1.Cl. The van der Waals surface area contributed by atoms with E-state index in [1.54, 1.807) is 0 Å². The number of nitrogens with one attached hydrogen (secondary N) is 3. The maximum atomic E-state index is 11.5. The Morgan fingerprint density at radius 2 is 2.05 bits per heavy atom. The molecule has 0 aliphatic heterocycles. The Morgan fingerprint density at radius 3 is 2.63 bits per heavy atom. The van der Waals surface area contributed by atoms with E-state index in [0.29, 0.717) is 18.8 Å². The van der Waals surface area contributed by atoms with Crippen LogP contribution in [0.25, 0.3) is 11.4 Å². The third-order valence-corrected chi connectivity index (χ3v) is 2.46. The fraction of sp³-hybridized carbons (Fsp3) is 0.250. The number of aromatic nitrogens is 3. The lowest BCUT2D eigenvalue weighted by molar-refractivity contribution is -0.116. The lowest BCUT2D eigenvalue weighted by Gasteiger charge is -2.05. The number of hydrogen-bond acceptors (Lipinski definition) is 4. The highest BCUT2D eigenvalue weighted by molar-refractivity contribution is 5.91. The molecule has 0 atom stereocenters. The number of amides is 1. The van der Waals surface area contributed by atoms with Crippen LogP contribution in [0.5, 0.6) is 0 Å². The summed E-state index contributed by atoms with van der Waals surface area (Å²) in [5.74, 6) is 0.708. The minimum Gasteiger partial charge on any atom is -0.326 e. The van der Waals surface area contributed by atoms with Crippen LogP contribution < -0.4 is 10.6 Å². The van der Waals surface area contributed by atoms with Crippen molar-refractivity contribution >= 4 is 24.0 Å². The first-order valence-electron chi connectivity index (χ1n) is 5.70. The summed E-state index contributed by atoms with van der Waals surface area (Å²) in [6.07, 6.45) is 1.92. The number of nitrogens with zero attached hydrogens (tertiary/aromatic N) is 2. The first kappa shape index (κ1) is 15.1. The maximum absolute atomic E-state index is 11.5. The van der Waals surface area contributed by atoms with Gasteiger partial charge in [-0.2, -0.15) is 5.10 Å². The Hall–Kier alpha value is -1.92. The summed E-state index contributed by atoms with van der Waals surface area (Å²) >= 11 is 0. The van der Waals surface area contributed by atoms with Gasteiger partial charge in [-0.15, -0.1) is 12.4 Å². The molecule has 2 rings (SSSR count).